The number of aliphatic hydroxyl groups is 1. The number of nitrogens with zero attached hydrogens (tertiary/aromatic N) is 6. The molecule has 5 rings (SSSR count). The first-order chi connectivity index (χ1) is 20.1. The van der Waals surface area contributed by atoms with Crippen molar-refractivity contribution in [3.05, 3.63) is 73.9 Å². The molecule has 4 aromatic heterocycles. The standard InChI is InChI=1S/C29H25ClN6O5S/c1-15-10-19(26-25(33-15)21(14-42-26)29(39)40)18-11-17(30)4-5-23(18)41-9-7-36-16(2)34-22-13-32-27(35(3)6-8-37)20(12-31)24(22)28(36)38/h4-5,10-11,13-14,37H,6-9H2,1-3H3,(H,39,40). The van der Waals surface area contributed by atoms with Gasteiger partial charge < -0.3 is 19.8 Å². The van der Waals surface area contributed by atoms with Crippen LogP contribution in [-0.2, 0) is 6.54 Å². The lowest BCUT2D eigenvalue weighted by molar-refractivity contribution is 0.0699. The van der Waals surface area contributed by atoms with E-state index in [1.807, 2.05) is 6.07 Å². The van der Waals surface area contributed by atoms with Gasteiger partial charge in [0.25, 0.3) is 5.56 Å². The van der Waals surface area contributed by atoms with E-state index in [9.17, 15) is 25.1 Å². The number of fused-ring (bicyclic) bond motifs is 2. The Morgan fingerprint density at radius 1 is 1.24 bits per heavy atom. The van der Waals surface area contributed by atoms with E-state index in [2.05, 4.69) is 21.0 Å². The van der Waals surface area contributed by atoms with Crippen molar-refractivity contribution in [1.82, 2.24) is 19.5 Å². The number of rotatable bonds is 9. The monoisotopic (exact) mass is 604 g/mol. The first-order valence-corrected chi connectivity index (χ1v) is 14.1. The molecule has 0 aliphatic rings. The molecule has 0 aliphatic heterocycles. The van der Waals surface area contributed by atoms with Crippen molar-refractivity contribution in [2.75, 3.05) is 31.7 Å². The summed E-state index contributed by atoms with van der Waals surface area (Å²) in [5.74, 6) is 0.154. The van der Waals surface area contributed by atoms with E-state index >= 15 is 0 Å². The Kier molecular flexibility index (Phi) is 8.08. The largest absolute Gasteiger partial charge is 0.491 e. The van der Waals surface area contributed by atoms with Crippen molar-refractivity contribution >= 4 is 55.8 Å². The number of ether oxygens (including phenoxy) is 1. The normalized spacial score (nSPS) is 11.1. The molecular weight excluding hydrogens is 580 g/mol. The molecular formula is C29H25ClN6O5S. The fourth-order valence-electron chi connectivity index (χ4n) is 4.80. The second-order valence-corrected chi connectivity index (χ2v) is 10.8. The minimum atomic E-state index is -1.06. The number of carbonyl (C=O) groups is 1. The van der Waals surface area contributed by atoms with E-state index < -0.39 is 11.5 Å². The van der Waals surface area contributed by atoms with Gasteiger partial charge in [0.1, 0.15) is 35.6 Å². The van der Waals surface area contributed by atoms with Crippen LogP contribution in [0.3, 0.4) is 0 Å². The molecule has 0 saturated carbocycles. The van der Waals surface area contributed by atoms with E-state index in [1.165, 1.54) is 22.1 Å². The summed E-state index contributed by atoms with van der Waals surface area (Å²) in [5.41, 5.74) is 2.54. The molecule has 0 bridgehead atoms. The molecule has 0 atom stereocenters. The van der Waals surface area contributed by atoms with E-state index in [0.29, 0.717) is 43.6 Å². The van der Waals surface area contributed by atoms with E-state index in [0.717, 1.165) is 5.56 Å². The minimum absolute atomic E-state index is 0.0874. The third-order valence-corrected chi connectivity index (χ3v) is 8.00. The maximum Gasteiger partial charge on any atom is 0.338 e. The lowest BCUT2D eigenvalue weighted by Crippen LogP contribution is -2.29. The van der Waals surface area contributed by atoms with Crippen molar-refractivity contribution in [3.8, 4) is 22.9 Å². The number of hydrogen-bond acceptors (Lipinski definition) is 10. The Bertz CT molecular complexity index is 1970. The molecule has 0 unspecified atom stereocenters. The van der Waals surface area contributed by atoms with Gasteiger partial charge in [-0.15, -0.1) is 11.3 Å². The maximum absolute atomic E-state index is 13.6. The molecule has 0 aliphatic carbocycles. The predicted molar refractivity (Wildman–Crippen MR) is 161 cm³/mol. The minimum Gasteiger partial charge on any atom is -0.491 e. The molecule has 5 aromatic rings. The van der Waals surface area contributed by atoms with Crippen molar-refractivity contribution < 1.29 is 19.7 Å². The van der Waals surface area contributed by atoms with Crippen LogP contribution in [0.25, 0.3) is 32.2 Å². The molecule has 42 heavy (non-hydrogen) atoms. The van der Waals surface area contributed by atoms with Crippen LogP contribution < -0.4 is 15.2 Å². The zero-order chi connectivity index (χ0) is 30.1. The van der Waals surface area contributed by atoms with Gasteiger partial charge in [-0.1, -0.05) is 11.6 Å². The first kappa shape index (κ1) is 28.9. The summed E-state index contributed by atoms with van der Waals surface area (Å²) in [5, 5.41) is 31.0. The Labute approximate surface area is 248 Å². The predicted octanol–water partition coefficient (Wildman–Crippen LogP) is 4.42. The number of carboxylic acids is 1. The fourth-order valence-corrected chi connectivity index (χ4v) is 5.98. The van der Waals surface area contributed by atoms with Crippen LogP contribution in [0.1, 0.15) is 27.4 Å². The lowest BCUT2D eigenvalue weighted by atomic mass is 10.0. The Hall–Kier alpha value is -4.57. The van der Waals surface area contributed by atoms with Gasteiger partial charge in [-0.05, 0) is 38.1 Å². The number of anilines is 1. The average molecular weight is 605 g/mol. The van der Waals surface area contributed by atoms with E-state index in [-0.39, 0.29) is 48.6 Å². The molecule has 214 valence electrons. The Morgan fingerprint density at radius 2 is 2.02 bits per heavy atom. The molecule has 13 heteroatoms. The number of aromatic carboxylic acids is 1. The molecule has 4 heterocycles. The van der Waals surface area contributed by atoms with Crippen molar-refractivity contribution in [1.29, 1.82) is 5.26 Å². The Balaban J connectivity index is 1.51. The van der Waals surface area contributed by atoms with Gasteiger partial charge in [0.15, 0.2) is 0 Å². The first-order valence-electron chi connectivity index (χ1n) is 12.8. The third-order valence-electron chi connectivity index (χ3n) is 6.77. The molecule has 0 radical (unpaired) electrons. The second-order valence-electron chi connectivity index (χ2n) is 9.52. The topological polar surface area (TPSA) is 154 Å². The number of likely N-dealkylation sites (N-methyl/N-ethyl adjacent to an activating group) is 1. The summed E-state index contributed by atoms with van der Waals surface area (Å²) >= 11 is 7.64. The SMILES string of the molecule is Cc1cc(-c2cc(Cl)ccc2OCCn2c(C)nc3cnc(N(C)CCO)c(C#N)c3c2=O)c2scc(C(=O)O)c2n1. The highest BCUT2D eigenvalue weighted by Crippen LogP contribution is 2.40. The molecule has 11 nitrogen and oxygen atoms in total. The number of hydrogen-bond donors (Lipinski definition) is 2. The van der Waals surface area contributed by atoms with E-state index in [4.69, 9.17) is 16.3 Å². The summed E-state index contributed by atoms with van der Waals surface area (Å²) < 4.78 is 8.31. The number of pyridine rings is 2. The number of thiophene rings is 1. The lowest BCUT2D eigenvalue weighted by Gasteiger charge is -2.19. The highest BCUT2D eigenvalue weighted by atomic mass is 35.5. The number of aromatic nitrogens is 4. The number of aryl methyl sites for hydroxylation is 2. The summed E-state index contributed by atoms with van der Waals surface area (Å²) in [7, 11) is 1.68. The third kappa shape index (κ3) is 5.25. The summed E-state index contributed by atoms with van der Waals surface area (Å²) in [4.78, 5) is 40.2. The van der Waals surface area contributed by atoms with Crippen LogP contribution in [-0.4, -0.2) is 62.5 Å². The average Bonchev–Trinajstić information content (AvgIpc) is 3.38. The van der Waals surface area contributed by atoms with Crippen molar-refractivity contribution in [3.63, 3.8) is 0 Å². The second kappa shape index (κ2) is 11.7. The quantitative estimate of drug-likeness (QED) is 0.247. The van der Waals surface area contributed by atoms with Crippen molar-refractivity contribution in [2.45, 2.75) is 20.4 Å². The molecule has 0 saturated heterocycles. The van der Waals surface area contributed by atoms with Crippen LogP contribution >= 0.6 is 22.9 Å². The fraction of sp³-hybridized carbons (Fsp3) is 0.241. The summed E-state index contributed by atoms with van der Waals surface area (Å²) in [6.45, 7) is 3.81. The van der Waals surface area contributed by atoms with E-state index in [1.54, 1.807) is 49.4 Å². The Morgan fingerprint density at radius 3 is 2.74 bits per heavy atom. The summed E-state index contributed by atoms with van der Waals surface area (Å²) in [6.07, 6.45) is 1.45. The van der Waals surface area contributed by atoms with Crippen LogP contribution in [0.2, 0.25) is 5.02 Å². The van der Waals surface area contributed by atoms with Gasteiger partial charge >= 0.3 is 5.97 Å². The van der Waals surface area contributed by atoms with Gasteiger partial charge in [0, 0.05) is 40.8 Å². The number of benzene rings is 1. The van der Waals surface area contributed by atoms with Gasteiger partial charge in [-0.3, -0.25) is 14.3 Å². The summed E-state index contributed by atoms with van der Waals surface area (Å²) in [6, 6.07) is 9.10. The molecule has 0 fully saturated rings. The highest BCUT2D eigenvalue weighted by molar-refractivity contribution is 7.18. The molecule has 0 amide bonds. The van der Waals surface area contributed by atoms with Gasteiger partial charge in [-0.25, -0.2) is 14.8 Å². The smallest absolute Gasteiger partial charge is 0.338 e. The van der Waals surface area contributed by atoms with Gasteiger partial charge in [0.2, 0.25) is 0 Å². The number of halogens is 1. The molecule has 2 N–H and O–H groups in total. The van der Waals surface area contributed by atoms with Gasteiger partial charge in [-0.2, -0.15) is 5.26 Å². The zero-order valence-electron chi connectivity index (χ0n) is 22.9. The van der Waals surface area contributed by atoms with Crippen LogP contribution in [0, 0.1) is 25.2 Å². The van der Waals surface area contributed by atoms with Crippen LogP contribution in [0.4, 0.5) is 5.82 Å². The number of aliphatic hydroxyl groups excluding tert-OH is 1. The molecule has 0 spiro atoms. The van der Waals surface area contributed by atoms with Crippen molar-refractivity contribution in [2.24, 2.45) is 0 Å². The zero-order valence-corrected chi connectivity index (χ0v) is 24.5. The molecule has 1 aromatic carbocycles. The highest BCUT2D eigenvalue weighted by Gasteiger charge is 2.21. The number of nitriles is 1. The van der Waals surface area contributed by atoms with Gasteiger partial charge in [0.05, 0.1) is 46.0 Å². The maximum atomic E-state index is 13.6. The van der Waals surface area contributed by atoms with Crippen LogP contribution in [0.5, 0.6) is 5.75 Å². The van der Waals surface area contributed by atoms with Crippen LogP contribution in [0.15, 0.2) is 40.6 Å². The number of carboxylic acid groups (broad SMARTS) is 1.